The van der Waals surface area contributed by atoms with E-state index >= 15 is 0 Å². The maximum Gasteiger partial charge on any atom is 0.130 e. The number of benzene rings is 1. The Kier molecular flexibility index (Phi) is 5.48. The molecule has 0 aliphatic heterocycles. The zero-order valence-corrected chi connectivity index (χ0v) is 16.8. The molecular weight excluding hydrogens is 368 g/mol. The minimum absolute atomic E-state index is 0.663. The molecule has 0 spiro atoms. The normalized spacial score (nSPS) is 10.9. The van der Waals surface area contributed by atoms with Gasteiger partial charge in [-0.2, -0.15) is 0 Å². The maximum atomic E-state index is 5.55. The van der Waals surface area contributed by atoms with E-state index in [2.05, 4.69) is 45.4 Å². The van der Waals surface area contributed by atoms with Gasteiger partial charge in [0.25, 0.3) is 0 Å². The number of thiophene rings is 1. The zero-order chi connectivity index (χ0) is 19.3. The van der Waals surface area contributed by atoms with Crippen molar-refractivity contribution in [3.8, 4) is 16.3 Å². The van der Waals surface area contributed by atoms with Crippen molar-refractivity contribution in [2.45, 2.75) is 20.3 Å². The number of hydrogen-bond donors (Lipinski definition) is 1. The van der Waals surface area contributed by atoms with Crippen LogP contribution in [0.25, 0.3) is 21.3 Å². The smallest absolute Gasteiger partial charge is 0.130 e. The molecule has 0 unspecified atom stereocenters. The summed E-state index contributed by atoms with van der Waals surface area (Å²) in [5.74, 6) is 1.72. The molecule has 6 heteroatoms. The number of fused-ring (bicyclic) bond motifs is 1. The van der Waals surface area contributed by atoms with E-state index in [1.165, 1.54) is 21.9 Å². The number of ether oxygens (including phenoxy) is 1. The van der Waals surface area contributed by atoms with Crippen LogP contribution in [0.15, 0.2) is 54.4 Å². The summed E-state index contributed by atoms with van der Waals surface area (Å²) in [6.45, 7) is 5.60. The second-order valence-electron chi connectivity index (χ2n) is 6.50. The Morgan fingerprint density at radius 2 is 2.07 bits per heavy atom. The highest BCUT2D eigenvalue weighted by Crippen LogP contribution is 2.30. The van der Waals surface area contributed by atoms with Gasteiger partial charge in [-0.05, 0) is 42.8 Å². The van der Waals surface area contributed by atoms with Crippen LogP contribution < -0.4 is 10.1 Å². The van der Waals surface area contributed by atoms with Crippen LogP contribution >= 0.6 is 11.3 Å². The maximum absolute atomic E-state index is 5.55. The van der Waals surface area contributed by atoms with Crippen LogP contribution in [0.1, 0.15) is 18.1 Å². The van der Waals surface area contributed by atoms with Crippen LogP contribution in [0.2, 0.25) is 0 Å². The number of aryl methyl sites for hydroxylation is 1. The summed E-state index contributed by atoms with van der Waals surface area (Å²) in [5, 5.41) is 7.88. The second-order valence-corrected chi connectivity index (χ2v) is 7.41. The minimum Gasteiger partial charge on any atom is -0.493 e. The molecule has 4 aromatic rings. The molecule has 0 radical (unpaired) electrons. The highest BCUT2D eigenvalue weighted by Gasteiger charge is 2.08. The van der Waals surface area contributed by atoms with E-state index in [0.29, 0.717) is 6.61 Å². The number of nitrogens with zero attached hydrogens (tertiary/aromatic N) is 3. The first-order valence-electron chi connectivity index (χ1n) is 9.34. The van der Waals surface area contributed by atoms with Crippen LogP contribution in [0.4, 0.5) is 5.82 Å². The average Bonchev–Trinajstić information content (AvgIpc) is 3.19. The van der Waals surface area contributed by atoms with Gasteiger partial charge in [0.15, 0.2) is 0 Å². The Balaban J connectivity index is 1.47. The summed E-state index contributed by atoms with van der Waals surface area (Å²) in [7, 11) is 0. The molecule has 0 saturated carbocycles. The van der Waals surface area contributed by atoms with Crippen LogP contribution in [0, 0.1) is 6.92 Å². The summed E-state index contributed by atoms with van der Waals surface area (Å²) in [5.41, 5.74) is 3.55. The minimum atomic E-state index is 0.663. The van der Waals surface area contributed by atoms with Crippen molar-refractivity contribution in [2.75, 3.05) is 18.5 Å². The van der Waals surface area contributed by atoms with E-state index < -0.39 is 0 Å². The summed E-state index contributed by atoms with van der Waals surface area (Å²) >= 11 is 1.63. The number of rotatable bonds is 7. The van der Waals surface area contributed by atoms with E-state index in [1.54, 1.807) is 17.7 Å². The zero-order valence-electron chi connectivity index (χ0n) is 16.0. The predicted molar refractivity (Wildman–Crippen MR) is 115 cm³/mol. The van der Waals surface area contributed by atoms with Crippen molar-refractivity contribution < 1.29 is 4.74 Å². The molecule has 0 fully saturated rings. The van der Waals surface area contributed by atoms with E-state index in [-0.39, 0.29) is 0 Å². The van der Waals surface area contributed by atoms with Gasteiger partial charge >= 0.3 is 0 Å². The number of anilines is 1. The molecule has 0 aliphatic carbocycles. The van der Waals surface area contributed by atoms with Gasteiger partial charge in [-0.25, -0.2) is 9.97 Å². The predicted octanol–water partition coefficient (Wildman–Crippen LogP) is 5.12. The number of pyridine rings is 1. The Bertz CT molecular complexity index is 1090. The van der Waals surface area contributed by atoms with Gasteiger partial charge < -0.3 is 10.1 Å². The third-order valence-electron chi connectivity index (χ3n) is 4.65. The molecule has 0 bridgehead atoms. The van der Waals surface area contributed by atoms with Crippen LogP contribution in [0.3, 0.4) is 0 Å². The quantitative estimate of drug-likeness (QED) is 0.475. The SMILES string of the molecule is CCOc1csc(-c2cc(NCCc3c(C)ccc4cnccc34)ncn2)c1. The molecule has 0 atom stereocenters. The second kappa shape index (κ2) is 8.35. The fraction of sp³-hybridized carbons (Fsp3) is 0.227. The molecule has 3 aromatic heterocycles. The lowest BCUT2D eigenvalue weighted by atomic mass is 9.99. The van der Waals surface area contributed by atoms with Gasteiger partial charge in [-0.1, -0.05) is 12.1 Å². The molecule has 4 rings (SSSR count). The van der Waals surface area contributed by atoms with E-state index in [0.717, 1.165) is 35.1 Å². The molecular formula is C22H22N4OS. The third-order valence-corrected chi connectivity index (χ3v) is 5.58. The van der Waals surface area contributed by atoms with Crippen LogP contribution in [-0.2, 0) is 6.42 Å². The van der Waals surface area contributed by atoms with E-state index in [1.807, 2.05) is 36.8 Å². The first-order valence-corrected chi connectivity index (χ1v) is 10.2. The highest BCUT2D eigenvalue weighted by atomic mass is 32.1. The van der Waals surface area contributed by atoms with E-state index in [9.17, 15) is 0 Å². The first kappa shape index (κ1) is 18.4. The van der Waals surface area contributed by atoms with Crippen LogP contribution in [0.5, 0.6) is 5.75 Å². The first-order chi connectivity index (χ1) is 13.7. The van der Waals surface area contributed by atoms with Crippen molar-refractivity contribution in [1.29, 1.82) is 0 Å². The largest absolute Gasteiger partial charge is 0.493 e. The Morgan fingerprint density at radius 3 is 2.96 bits per heavy atom. The fourth-order valence-electron chi connectivity index (χ4n) is 3.27. The summed E-state index contributed by atoms with van der Waals surface area (Å²) in [6.07, 6.45) is 6.29. The lowest BCUT2D eigenvalue weighted by Gasteiger charge is -2.11. The molecule has 28 heavy (non-hydrogen) atoms. The summed E-state index contributed by atoms with van der Waals surface area (Å²) in [6, 6.07) is 10.4. The Labute approximate surface area is 168 Å². The van der Waals surface area contributed by atoms with Gasteiger partial charge in [0, 0.05) is 41.8 Å². The summed E-state index contributed by atoms with van der Waals surface area (Å²) < 4.78 is 5.55. The number of aromatic nitrogens is 3. The highest BCUT2D eigenvalue weighted by molar-refractivity contribution is 7.13. The van der Waals surface area contributed by atoms with Crippen molar-refractivity contribution in [3.63, 3.8) is 0 Å². The van der Waals surface area contributed by atoms with Crippen molar-refractivity contribution >= 4 is 27.9 Å². The van der Waals surface area contributed by atoms with Crippen molar-refractivity contribution in [2.24, 2.45) is 0 Å². The topological polar surface area (TPSA) is 59.9 Å². The Hall–Kier alpha value is -2.99. The van der Waals surface area contributed by atoms with Crippen molar-refractivity contribution in [3.05, 3.63) is 65.6 Å². The molecule has 0 amide bonds. The number of nitrogens with one attached hydrogen (secondary N) is 1. The fourth-order valence-corrected chi connectivity index (χ4v) is 4.07. The third kappa shape index (κ3) is 3.97. The van der Waals surface area contributed by atoms with Gasteiger partial charge in [-0.3, -0.25) is 4.98 Å². The van der Waals surface area contributed by atoms with Crippen LogP contribution in [-0.4, -0.2) is 28.1 Å². The molecule has 142 valence electrons. The van der Waals surface area contributed by atoms with Gasteiger partial charge in [0.05, 0.1) is 17.2 Å². The molecule has 3 heterocycles. The number of hydrogen-bond acceptors (Lipinski definition) is 6. The van der Waals surface area contributed by atoms with Gasteiger partial charge in [0.1, 0.15) is 17.9 Å². The lowest BCUT2D eigenvalue weighted by Crippen LogP contribution is -2.08. The monoisotopic (exact) mass is 390 g/mol. The van der Waals surface area contributed by atoms with Gasteiger partial charge in [0.2, 0.25) is 0 Å². The van der Waals surface area contributed by atoms with Gasteiger partial charge in [-0.15, -0.1) is 11.3 Å². The molecule has 1 aromatic carbocycles. The standard InChI is InChI=1S/C22H22N4OS/c1-3-27-17-10-21(28-13-17)20-11-22(26-14-25-20)24-9-7-18-15(2)4-5-16-12-23-8-6-19(16)18/h4-6,8,10-14H,3,7,9H2,1-2H3,(H,24,25,26). The van der Waals surface area contributed by atoms with Crippen molar-refractivity contribution in [1.82, 2.24) is 15.0 Å². The average molecular weight is 391 g/mol. The lowest BCUT2D eigenvalue weighted by molar-refractivity contribution is 0.342. The molecule has 5 nitrogen and oxygen atoms in total. The molecule has 0 saturated heterocycles. The molecule has 0 aliphatic rings. The molecule has 1 N–H and O–H groups in total. The van der Waals surface area contributed by atoms with E-state index in [4.69, 9.17) is 4.74 Å². The summed E-state index contributed by atoms with van der Waals surface area (Å²) in [4.78, 5) is 14.1. The Morgan fingerprint density at radius 1 is 1.14 bits per heavy atom.